The van der Waals surface area contributed by atoms with E-state index in [1.54, 1.807) is 6.07 Å². The highest BCUT2D eigenvalue weighted by Crippen LogP contribution is 2.14. The van der Waals surface area contributed by atoms with Crippen LogP contribution in [0.5, 0.6) is 0 Å². The summed E-state index contributed by atoms with van der Waals surface area (Å²) >= 11 is 0. The molecule has 0 aliphatic heterocycles. The largest absolute Gasteiger partial charge is 0.462 e. The number of hydrogen-bond acceptors (Lipinski definition) is 6. The van der Waals surface area contributed by atoms with E-state index >= 15 is 0 Å². The van der Waals surface area contributed by atoms with E-state index in [2.05, 4.69) is 6.58 Å². The number of ether oxygens (including phenoxy) is 2. The summed E-state index contributed by atoms with van der Waals surface area (Å²) in [6.45, 7) is 3.56. The zero-order valence-electron chi connectivity index (χ0n) is 10.4. The smallest absolute Gasteiger partial charge is 0.338 e. The molecule has 0 radical (unpaired) electrons. The molecule has 102 valence electrons. The monoisotopic (exact) mass is 264 g/mol. The summed E-state index contributed by atoms with van der Waals surface area (Å²) in [4.78, 5) is 22.4. The van der Waals surface area contributed by atoms with Crippen LogP contribution in [0.2, 0.25) is 0 Å². The molecule has 0 amide bonds. The van der Waals surface area contributed by atoms with Gasteiger partial charge in [-0.05, 0) is 18.2 Å². The summed E-state index contributed by atoms with van der Waals surface area (Å²) in [5.41, 5.74) is 12.2. The molecule has 6 heteroatoms. The predicted molar refractivity (Wildman–Crippen MR) is 71.3 cm³/mol. The Kier molecular flexibility index (Phi) is 5.40. The van der Waals surface area contributed by atoms with Crippen LogP contribution in [0.15, 0.2) is 30.9 Å². The number of benzene rings is 1. The molecule has 6 nitrogen and oxygen atoms in total. The quantitative estimate of drug-likeness (QED) is 0.345. The van der Waals surface area contributed by atoms with Gasteiger partial charge in [-0.1, -0.05) is 6.58 Å². The molecule has 19 heavy (non-hydrogen) atoms. The van der Waals surface area contributed by atoms with Crippen LogP contribution >= 0.6 is 0 Å². The topological polar surface area (TPSA) is 105 Å². The first kappa shape index (κ1) is 14.6. The number of carbonyl (C=O) groups is 2. The number of nitrogens with two attached hydrogens (primary N) is 2. The highest BCUT2D eigenvalue weighted by molar-refractivity contribution is 5.91. The van der Waals surface area contributed by atoms with E-state index in [1.807, 2.05) is 0 Å². The minimum Gasteiger partial charge on any atom is -0.462 e. The van der Waals surface area contributed by atoms with Crippen molar-refractivity contribution in [3.63, 3.8) is 0 Å². The van der Waals surface area contributed by atoms with Crippen molar-refractivity contribution in [3.8, 4) is 0 Å². The van der Waals surface area contributed by atoms with Gasteiger partial charge < -0.3 is 20.9 Å². The molecular weight excluding hydrogens is 248 g/mol. The van der Waals surface area contributed by atoms with E-state index in [0.29, 0.717) is 23.4 Å². The molecule has 0 aliphatic rings. The molecule has 4 N–H and O–H groups in total. The molecule has 0 fully saturated rings. The zero-order valence-corrected chi connectivity index (χ0v) is 10.4. The number of carbonyl (C=O) groups excluding carboxylic acids is 2. The van der Waals surface area contributed by atoms with Crippen LogP contribution in [0.25, 0.3) is 0 Å². The Bertz CT molecular complexity index is 465. The molecule has 1 rings (SSSR count). The fourth-order valence-electron chi connectivity index (χ4n) is 1.33. The Morgan fingerprint density at radius 1 is 1.11 bits per heavy atom. The Morgan fingerprint density at radius 3 is 2.26 bits per heavy atom. The van der Waals surface area contributed by atoms with Crippen LogP contribution in [0.1, 0.15) is 16.8 Å². The summed E-state index contributed by atoms with van der Waals surface area (Å²) in [5.74, 6) is -1.02. The SMILES string of the molecule is C=CC(=O)OCCCOC(=O)c1cc(N)cc(N)c1. The first-order chi connectivity index (χ1) is 9.02. The molecule has 0 aliphatic carbocycles. The third-order valence-electron chi connectivity index (χ3n) is 2.15. The van der Waals surface area contributed by atoms with E-state index in [0.717, 1.165) is 6.08 Å². The van der Waals surface area contributed by atoms with E-state index in [9.17, 15) is 9.59 Å². The Hall–Kier alpha value is -2.50. The van der Waals surface area contributed by atoms with Crippen molar-refractivity contribution in [2.24, 2.45) is 0 Å². The normalized spacial score (nSPS) is 9.68. The Balaban J connectivity index is 2.35. The zero-order chi connectivity index (χ0) is 14.3. The molecule has 0 saturated carbocycles. The lowest BCUT2D eigenvalue weighted by Crippen LogP contribution is -2.10. The Morgan fingerprint density at radius 2 is 1.68 bits per heavy atom. The maximum atomic E-state index is 11.6. The van der Waals surface area contributed by atoms with Gasteiger partial charge in [0.1, 0.15) is 0 Å². The molecule has 1 aromatic carbocycles. The predicted octanol–water partition coefficient (Wildman–Crippen LogP) is 1.13. The molecule has 0 aromatic heterocycles. The fourth-order valence-corrected chi connectivity index (χ4v) is 1.33. The van der Waals surface area contributed by atoms with Crippen molar-refractivity contribution in [1.29, 1.82) is 0 Å². The molecule has 0 heterocycles. The Labute approximate surface area is 111 Å². The maximum Gasteiger partial charge on any atom is 0.338 e. The molecule has 0 bridgehead atoms. The number of nitrogen functional groups attached to an aromatic ring is 2. The maximum absolute atomic E-state index is 11.6. The third kappa shape index (κ3) is 5.12. The first-order valence-electron chi connectivity index (χ1n) is 5.65. The van der Waals surface area contributed by atoms with Crippen LogP contribution in [0, 0.1) is 0 Å². The van der Waals surface area contributed by atoms with Gasteiger partial charge in [0.05, 0.1) is 18.8 Å². The number of anilines is 2. The second-order valence-corrected chi connectivity index (χ2v) is 3.75. The molecule has 0 atom stereocenters. The minimum atomic E-state index is -0.519. The summed E-state index contributed by atoms with van der Waals surface area (Å²) in [6, 6.07) is 4.51. The second kappa shape index (κ2) is 7.05. The van der Waals surface area contributed by atoms with Gasteiger partial charge >= 0.3 is 11.9 Å². The minimum absolute atomic E-state index is 0.137. The third-order valence-corrected chi connectivity index (χ3v) is 2.15. The van der Waals surface area contributed by atoms with Crippen LogP contribution in [0.3, 0.4) is 0 Å². The van der Waals surface area contributed by atoms with E-state index < -0.39 is 11.9 Å². The second-order valence-electron chi connectivity index (χ2n) is 3.75. The van der Waals surface area contributed by atoms with Gasteiger partial charge in [0.25, 0.3) is 0 Å². The van der Waals surface area contributed by atoms with E-state index in [1.165, 1.54) is 12.1 Å². The molecule has 0 unspecified atom stereocenters. The fraction of sp³-hybridized carbons (Fsp3) is 0.231. The first-order valence-corrected chi connectivity index (χ1v) is 5.65. The van der Waals surface area contributed by atoms with Crippen LogP contribution in [0.4, 0.5) is 11.4 Å². The van der Waals surface area contributed by atoms with Gasteiger partial charge in [-0.15, -0.1) is 0 Å². The van der Waals surface area contributed by atoms with Crippen molar-refractivity contribution in [3.05, 3.63) is 36.4 Å². The standard InChI is InChI=1S/C13H16N2O4/c1-2-12(16)18-4-3-5-19-13(17)9-6-10(14)8-11(15)7-9/h2,6-8H,1,3-5,14-15H2. The van der Waals surface area contributed by atoms with Crippen LogP contribution in [-0.4, -0.2) is 25.2 Å². The highest BCUT2D eigenvalue weighted by Gasteiger charge is 2.08. The summed E-state index contributed by atoms with van der Waals surface area (Å²) < 4.78 is 9.71. The average Bonchev–Trinajstić information content (AvgIpc) is 2.36. The number of esters is 2. The summed E-state index contributed by atoms with van der Waals surface area (Å²) in [7, 11) is 0. The summed E-state index contributed by atoms with van der Waals surface area (Å²) in [5, 5.41) is 0. The number of hydrogen-bond donors (Lipinski definition) is 2. The van der Waals surface area contributed by atoms with Gasteiger partial charge in [-0.25, -0.2) is 9.59 Å². The van der Waals surface area contributed by atoms with Crippen molar-refractivity contribution >= 4 is 23.3 Å². The van der Waals surface area contributed by atoms with Gasteiger partial charge in [-0.2, -0.15) is 0 Å². The molecule has 0 spiro atoms. The van der Waals surface area contributed by atoms with Gasteiger partial charge in [0.15, 0.2) is 0 Å². The van der Waals surface area contributed by atoms with E-state index in [4.69, 9.17) is 20.9 Å². The van der Waals surface area contributed by atoms with Gasteiger partial charge in [-0.3, -0.25) is 0 Å². The molecule has 1 aromatic rings. The van der Waals surface area contributed by atoms with Crippen LogP contribution < -0.4 is 11.5 Å². The lowest BCUT2D eigenvalue weighted by molar-refractivity contribution is -0.137. The lowest BCUT2D eigenvalue weighted by Gasteiger charge is -2.06. The number of rotatable bonds is 6. The molecule has 0 saturated heterocycles. The van der Waals surface area contributed by atoms with Crippen LogP contribution in [-0.2, 0) is 14.3 Å². The van der Waals surface area contributed by atoms with Crippen molar-refractivity contribution in [2.75, 3.05) is 24.7 Å². The van der Waals surface area contributed by atoms with Gasteiger partial charge in [0.2, 0.25) is 0 Å². The average molecular weight is 264 g/mol. The van der Waals surface area contributed by atoms with E-state index in [-0.39, 0.29) is 13.2 Å². The van der Waals surface area contributed by atoms with Crippen molar-refractivity contribution in [1.82, 2.24) is 0 Å². The summed E-state index contributed by atoms with van der Waals surface area (Å²) in [6.07, 6.45) is 1.48. The molecular formula is C13H16N2O4. The lowest BCUT2D eigenvalue weighted by atomic mass is 10.2. The van der Waals surface area contributed by atoms with Crippen molar-refractivity contribution in [2.45, 2.75) is 6.42 Å². The van der Waals surface area contributed by atoms with Gasteiger partial charge in [0, 0.05) is 23.9 Å². The van der Waals surface area contributed by atoms with Crippen molar-refractivity contribution < 1.29 is 19.1 Å². The highest BCUT2D eigenvalue weighted by atomic mass is 16.5.